The van der Waals surface area contributed by atoms with Gasteiger partial charge in [0.2, 0.25) is 0 Å². The number of nitrogens with one attached hydrogen (secondary N) is 1. The standard InChI is InChI=1S/C9H15F3N4/c1-16-5-4-14-8(16)6-7(15-13)2-3-9(10,11)12/h4-5,7,15H,2-3,6,13H2,1H3. The topological polar surface area (TPSA) is 55.9 Å². The normalized spacial score (nSPS) is 14.1. The Morgan fingerprint density at radius 1 is 1.56 bits per heavy atom. The predicted octanol–water partition coefficient (Wildman–Crippen LogP) is 1.14. The van der Waals surface area contributed by atoms with Gasteiger partial charge in [0.1, 0.15) is 5.82 Å². The highest BCUT2D eigenvalue weighted by Gasteiger charge is 2.28. The number of imidazole rings is 1. The molecule has 1 unspecified atom stereocenters. The fraction of sp³-hybridized carbons (Fsp3) is 0.667. The van der Waals surface area contributed by atoms with Crippen molar-refractivity contribution in [1.29, 1.82) is 0 Å². The van der Waals surface area contributed by atoms with Gasteiger partial charge in [0.25, 0.3) is 0 Å². The lowest BCUT2D eigenvalue weighted by molar-refractivity contribution is -0.136. The molecule has 1 aromatic rings. The summed E-state index contributed by atoms with van der Waals surface area (Å²) >= 11 is 0. The molecule has 4 nitrogen and oxygen atoms in total. The van der Waals surface area contributed by atoms with Gasteiger partial charge in [-0.05, 0) is 6.42 Å². The minimum atomic E-state index is -4.14. The van der Waals surface area contributed by atoms with Gasteiger partial charge >= 0.3 is 6.18 Å². The molecule has 0 amide bonds. The van der Waals surface area contributed by atoms with Gasteiger partial charge in [0.05, 0.1) is 0 Å². The lowest BCUT2D eigenvalue weighted by Gasteiger charge is -2.16. The van der Waals surface area contributed by atoms with Crippen LogP contribution in [0.25, 0.3) is 0 Å². The molecule has 0 radical (unpaired) electrons. The van der Waals surface area contributed by atoms with E-state index in [1.807, 2.05) is 0 Å². The van der Waals surface area contributed by atoms with Crippen molar-refractivity contribution in [3.8, 4) is 0 Å². The van der Waals surface area contributed by atoms with Crippen LogP contribution in [0, 0.1) is 0 Å². The third kappa shape index (κ3) is 4.19. The maximum Gasteiger partial charge on any atom is 0.389 e. The van der Waals surface area contributed by atoms with Crippen LogP contribution in [0.4, 0.5) is 13.2 Å². The van der Waals surface area contributed by atoms with Crippen molar-refractivity contribution in [3.05, 3.63) is 18.2 Å². The number of nitrogens with two attached hydrogens (primary N) is 1. The second-order valence-electron chi connectivity index (χ2n) is 3.68. The molecule has 0 spiro atoms. The van der Waals surface area contributed by atoms with Gasteiger partial charge in [-0.1, -0.05) is 0 Å². The molecule has 0 aliphatic rings. The maximum atomic E-state index is 12.0. The number of hydrogen-bond donors (Lipinski definition) is 2. The van der Waals surface area contributed by atoms with Crippen molar-refractivity contribution < 1.29 is 13.2 Å². The average Bonchev–Trinajstić information content (AvgIpc) is 2.57. The molecule has 0 saturated carbocycles. The molecule has 3 N–H and O–H groups in total. The van der Waals surface area contributed by atoms with E-state index < -0.39 is 18.6 Å². The maximum absolute atomic E-state index is 12.0. The Balaban J connectivity index is 2.47. The highest BCUT2D eigenvalue weighted by molar-refractivity contribution is 4.94. The molecule has 0 fully saturated rings. The van der Waals surface area contributed by atoms with Gasteiger partial charge in [0.15, 0.2) is 0 Å². The molecule has 7 heteroatoms. The SMILES string of the molecule is Cn1ccnc1CC(CCC(F)(F)F)NN. The van der Waals surface area contributed by atoms with E-state index in [1.54, 1.807) is 24.0 Å². The Kier molecular flexibility index (Phi) is 4.31. The number of rotatable bonds is 5. The van der Waals surface area contributed by atoms with Crippen LogP contribution in [0.2, 0.25) is 0 Å². The highest BCUT2D eigenvalue weighted by Crippen LogP contribution is 2.22. The Labute approximate surface area is 91.6 Å². The van der Waals surface area contributed by atoms with Crippen molar-refractivity contribution in [2.45, 2.75) is 31.5 Å². The summed E-state index contributed by atoms with van der Waals surface area (Å²) in [4.78, 5) is 4.03. The number of hydrazine groups is 1. The first kappa shape index (κ1) is 13.0. The lowest BCUT2D eigenvalue weighted by Crippen LogP contribution is -2.38. The quantitative estimate of drug-likeness (QED) is 0.595. The summed E-state index contributed by atoms with van der Waals surface area (Å²) in [6.07, 6.45) is -1.30. The Bertz CT molecular complexity index is 321. The average molecular weight is 236 g/mol. The van der Waals surface area contributed by atoms with Crippen LogP contribution >= 0.6 is 0 Å². The van der Waals surface area contributed by atoms with Crippen molar-refractivity contribution in [3.63, 3.8) is 0 Å². The van der Waals surface area contributed by atoms with E-state index in [9.17, 15) is 13.2 Å². The fourth-order valence-corrected chi connectivity index (χ4v) is 1.40. The molecule has 0 saturated heterocycles. The van der Waals surface area contributed by atoms with E-state index in [0.717, 1.165) is 0 Å². The van der Waals surface area contributed by atoms with E-state index in [1.165, 1.54) is 0 Å². The largest absolute Gasteiger partial charge is 0.389 e. The zero-order chi connectivity index (χ0) is 12.2. The predicted molar refractivity (Wildman–Crippen MR) is 53.3 cm³/mol. The molecule has 92 valence electrons. The zero-order valence-electron chi connectivity index (χ0n) is 8.96. The van der Waals surface area contributed by atoms with Crippen LogP contribution in [-0.2, 0) is 13.5 Å². The third-order valence-corrected chi connectivity index (χ3v) is 2.36. The molecule has 1 heterocycles. The van der Waals surface area contributed by atoms with Gasteiger partial charge < -0.3 is 4.57 Å². The Morgan fingerprint density at radius 3 is 2.69 bits per heavy atom. The van der Waals surface area contributed by atoms with Crippen LogP contribution in [0.3, 0.4) is 0 Å². The summed E-state index contributed by atoms with van der Waals surface area (Å²) in [5, 5.41) is 0. The number of alkyl halides is 3. The molecular formula is C9H15F3N4. The van der Waals surface area contributed by atoms with Crippen LogP contribution < -0.4 is 11.3 Å². The van der Waals surface area contributed by atoms with Gasteiger partial charge in [-0.3, -0.25) is 11.3 Å². The van der Waals surface area contributed by atoms with Gasteiger partial charge in [-0.2, -0.15) is 13.2 Å². The molecule has 0 aliphatic carbocycles. The molecule has 0 aromatic carbocycles. The summed E-state index contributed by atoms with van der Waals surface area (Å²) in [6, 6.07) is -0.414. The minimum Gasteiger partial charge on any atom is -0.338 e. The van der Waals surface area contributed by atoms with E-state index in [0.29, 0.717) is 12.2 Å². The van der Waals surface area contributed by atoms with E-state index in [2.05, 4.69) is 10.4 Å². The smallest absolute Gasteiger partial charge is 0.338 e. The number of nitrogens with zero attached hydrogens (tertiary/aromatic N) is 2. The molecule has 1 rings (SSSR count). The number of halogens is 3. The molecular weight excluding hydrogens is 221 g/mol. The highest BCUT2D eigenvalue weighted by atomic mass is 19.4. The van der Waals surface area contributed by atoms with Crippen molar-refractivity contribution in [2.75, 3.05) is 0 Å². The minimum absolute atomic E-state index is 0.0488. The van der Waals surface area contributed by atoms with Crippen LogP contribution in [-0.4, -0.2) is 21.8 Å². The van der Waals surface area contributed by atoms with Crippen molar-refractivity contribution >= 4 is 0 Å². The second-order valence-corrected chi connectivity index (χ2v) is 3.68. The number of hydrogen-bond acceptors (Lipinski definition) is 3. The second kappa shape index (κ2) is 5.31. The molecule has 1 aromatic heterocycles. The Hall–Kier alpha value is -1.08. The van der Waals surface area contributed by atoms with Crippen molar-refractivity contribution in [2.24, 2.45) is 12.9 Å². The fourth-order valence-electron chi connectivity index (χ4n) is 1.40. The summed E-state index contributed by atoms with van der Waals surface area (Å²) < 4.78 is 37.8. The van der Waals surface area contributed by atoms with Gasteiger partial charge in [-0.15, -0.1) is 0 Å². The van der Waals surface area contributed by atoms with Crippen molar-refractivity contribution in [1.82, 2.24) is 15.0 Å². The van der Waals surface area contributed by atoms with Crippen LogP contribution in [0.1, 0.15) is 18.7 Å². The van der Waals surface area contributed by atoms with E-state index >= 15 is 0 Å². The number of aromatic nitrogens is 2. The summed E-state index contributed by atoms with van der Waals surface area (Å²) in [7, 11) is 1.79. The summed E-state index contributed by atoms with van der Waals surface area (Å²) in [5.41, 5.74) is 2.39. The molecule has 0 aliphatic heterocycles. The number of aryl methyl sites for hydroxylation is 1. The van der Waals surface area contributed by atoms with E-state index in [-0.39, 0.29) is 6.42 Å². The first-order chi connectivity index (χ1) is 7.42. The van der Waals surface area contributed by atoms with Gasteiger partial charge in [-0.25, -0.2) is 4.98 Å². The van der Waals surface area contributed by atoms with Crippen LogP contribution in [0.15, 0.2) is 12.4 Å². The Morgan fingerprint density at radius 2 is 2.25 bits per heavy atom. The molecule has 0 bridgehead atoms. The summed E-state index contributed by atoms with van der Waals surface area (Å²) in [5.74, 6) is 5.93. The first-order valence-electron chi connectivity index (χ1n) is 4.91. The zero-order valence-corrected chi connectivity index (χ0v) is 8.96. The molecule has 1 atom stereocenters. The van der Waals surface area contributed by atoms with Crippen LogP contribution in [0.5, 0.6) is 0 Å². The third-order valence-electron chi connectivity index (χ3n) is 2.36. The first-order valence-corrected chi connectivity index (χ1v) is 4.91. The summed E-state index contributed by atoms with van der Waals surface area (Å²) in [6.45, 7) is 0. The van der Waals surface area contributed by atoms with Gasteiger partial charge in [0, 0.05) is 38.3 Å². The lowest BCUT2D eigenvalue weighted by atomic mass is 10.1. The monoisotopic (exact) mass is 236 g/mol. The molecule has 16 heavy (non-hydrogen) atoms. The van der Waals surface area contributed by atoms with E-state index in [4.69, 9.17) is 5.84 Å².